The molecule has 0 bridgehead atoms. The maximum atomic E-state index is 12.1. The van der Waals surface area contributed by atoms with Gasteiger partial charge in [0.25, 0.3) is 5.91 Å². The van der Waals surface area contributed by atoms with Gasteiger partial charge in [0.2, 0.25) is 10.0 Å². The van der Waals surface area contributed by atoms with Gasteiger partial charge in [-0.25, -0.2) is 13.6 Å². The highest BCUT2D eigenvalue weighted by atomic mass is 32.2. The number of hydrogen-bond donors (Lipinski definition) is 2. The van der Waals surface area contributed by atoms with Crippen LogP contribution in [0.2, 0.25) is 0 Å². The molecule has 0 saturated heterocycles. The van der Waals surface area contributed by atoms with Crippen LogP contribution in [0.25, 0.3) is 0 Å². The number of aromatic nitrogens is 2. The molecule has 1 unspecified atom stereocenters. The lowest BCUT2D eigenvalue weighted by Crippen LogP contribution is -2.28. The summed E-state index contributed by atoms with van der Waals surface area (Å²) in [6.07, 6.45) is 1.53. The van der Waals surface area contributed by atoms with E-state index in [0.717, 1.165) is 0 Å². The second-order valence-electron chi connectivity index (χ2n) is 4.65. The lowest BCUT2D eigenvalue weighted by molar-refractivity contribution is 0.0930. The summed E-state index contributed by atoms with van der Waals surface area (Å²) < 4.78 is 24.1. The van der Waals surface area contributed by atoms with Crippen molar-refractivity contribution in [1.82, 2.24) is 15.1 Å². The van der Waals surface area contributed by atoms with Crippen LogP contribution in [0, 0.1) is 0 Å². The summed E-state index contributed by atoms with van der Waals surface area (Å²) in [5.74, 6) is -0.288. The van der Waals surface area contributed by atoms with Crippen LogP contribution < -0.4 is 10.5 Å². The predicted octanol–water partition coefficient (Wildman–Crippen LogP) is 0.559. The first-order valence-corrected chi connectivity index (χ1v) is 7.75. The van der Waals surface area contributed by atoms with Crippen LogP contribution in [0.1, 0.15) is 29.0 Å². The number of nitrogens with one attached hydrogen (secondary N) is 1. The molecule has 0 aliphatic heterocycles. The number of benzene rings is 1. The molecule has 2 aromatic rings. The van der Waals surface area contributed by atoms with Crippen LogP contribution in [-0.2, 0) is 17.1 Å². The minimum absolute atomic E-state index is 0.0154. The van der Waals surface area contributed by atoms with Gasteiger partial charge >= 0.3 is 0 Å². The van der Waals surface area contributed by atoms with Gasteiger partial charge in [-0.3, -0.25) is 9.48 Å². The first-order chi connectivity index (χ1) is 9.79. The number of carbonyl (C=O) groups excluding carboxylic acids is 1. The molecule has 1 amide bonds. The summed E-state index contributed by atoms with van der Waals surface area (Å²) in [6, 6.07) is 7.40. The van der Waals surface area contributed by atoms with Crippen molar-refractivity contribution >= 4 is 15.9 Å². The fraction of sp³-hybridized carbons (Fsp3) is 0.231. The number of aryl methyl sites for hydroxylation is 1. The average Bonchev–Trinajstić information content (AvgIpc) is 2.84. The molecule has 1 heterocycles. The predicted molar refractivity (Wildman–Crippen MR) is 76.9 cm³/mol. The number of rotatable bonds is 4. The Morgan fingerprint density at radius 2 is 2.10 bits per heavy atom. The summed E-state index contributed by atoms with van der Waals surface area (Å²) in [7, 11) is -2.10. The average molecular weight is 308 g/mol. The third-order valence-corrected chi connectivity index (χ3v) is 4.00. The van der Waals surface area contributed by atoms with E-state index in [-0.39, 0.29) is 16.8 Å². The zero-order valence-corrected chi connectivity index (χ0v) is 12.5. The summed E-state index contributed by atoms with van der Waals surface area (Å²) in [4.78, 5) is 12.1. The molecule has 8 heteroatoms. The Morgan fingerprint density at radius 3 is 2.67 bits per heavy atom. The largest absolute Gasteiger partial charge is 0.344 e. The molecule has 3 N–H and O–H groups in total. The van der Waals surface area contributed by atoms with E-state index in [9.17, 15) is 13.2 Å². The monoisotopic (exact) mass is 308 g/mol. The topological polar surface area (TPSA) is 107 Å². The smallest absolute Gasteiger partial charge is 0.270 e. The van der Waals surface area contributed by atoms with Crippen LogP contribution in [0.15, 0.2) is 41.4 Å². The van der Waals surface area contributed by atoms with Gasteiger partial charge in [-0.2, -0.15) is 5.10 Å². The van der Waals surface area contributed by atoms with E-state index >= 15 is 0 Å². The first kappa shape index (κ1) is 15.2. The van der Waals surface area contributed by atoms with Crippen molar-refractivity contribution in [3.8, 4) is 0 Å². The van der Waals surface area contributed by atoms with Crippen LogP contribution in [-0.4, -0.2) is 24.1 Å². The van der Waals surface area contributed by atoms with Crippen molar-refractivity contribution in [3.63, 3.8) is 0 Å². The molecule has 0 spiro atoms. The quantitative estimate of drug-likeness (QED) is 0.860. The molecule has 0 saturated carbocycles. The fourth-order valence-electron chi connectivity index (χ4n) is 1.91. The van der Waals surface area contributed by atoms with Crippen LogP contribution in [0.3, 0.4) is 0 Å². The van der Waals surface area contributed by atoms with Crippen molar-refractivity contribution in [2.24, 2.45) is 12.2 Å². The van der Waals surface area contributed by atoms with Crippen LogP contribution in [0.4, 0.5) is 0 Å². The molecule has 0 fully saturated rings. The minimum atomic E-state index is -3.76. The van der Waals surface area contributed by atoms with Gasteiger partial charge in [-0.1, -0.05) is 12.1 Å². The Labute approximate surface area is 122 Å². The van der Waals surface area contributed by atoms with E-state index in [0.29, 0.717) is 11.3 Å². The third-order valence-electron chi connectivity index (χ3n) is 3.09. The number of carbonyl (C=O) groups is 1. The molecule has 7 nitrogen and oxygen atoms in total. The molecule has 2 rings (SSSR count). The van der Waals surface area contributed by atoms with Gasteiger partial charge in [-0.05, 0) is 30.7 Å². The highest BCUT2D eigenvalue weighted by Gasteiger charge is 2.16. The maximum absolute atomic E-state index is 12.1. The minimum Gasteiger partial charge on any atom is -0.344 e. The summed E-state index contributed by atoms with van der Waals surface area (Å²) in [5, 5.41) is 11.8. The van der Waals surface area contributed by atoms with E-state index in [1.165, 1.54) is 23.0 Å². The second-order valence-corrected chi connectivity index (χ2v) is 6.21. The Morgan fingerprint density at radius 1 is 1.38 bits per heavy atom. The molecule has 21 heavy (non-hydrogen) atoms. The van der Waals surface area contributed by atoms with Gasteiger partial charge in [0.15, 0.2) is 0 Å². The molecule has 0 aliphatic carbocycles. The van der Waals surface area contributed by atoms with Crippen molar-refractivity contribution in [2.45, 2.75) is 17.9 Å². The molecule has 112 valence electrons. The lowest BCUT2D eigenvalue weighted by atomic mass is 10.1. The molecular formula is C13H16N4O3S. The molecular weight excluding hydrogens is 292 g/mol. The zero-order chi connectivity index (χ0) is 15.6. The van der Waals surface area contributed by atoms with Crippen LogP contribution >= 0.6 is 0 Å². The Balaban J connectivity index is 2.19. The zero-order valence-electron chi connectivity index (χ0n) is 11.6. The Bertz CT molecular complexity index is 767. The Hall–Kier alpha value is -2.19. The number of hydrogen-bond acceptors (Lipinski definition) is 4. The Kier molecular flexibility index (Phi) is 4.10. The van der Waals surface area contributed by atoms with Crippen molar-refractivity contribution < 1.29 is 13.2 Å². The summed E-state index contributed by atoms with van der Waals surface area (Å²) >= 11 is 0. The van der Waals surface area contributed by atoms with E-state index in [1.807, 2.05) is 0 Å². The molecule has 1 atom stereocenters. The van der Waals surface area contributed by atoms with Crippen LogP contribution in [0.5, 0.6) is 0 Å². The molecule has 0 radical (unpaired) electrons. The standard InChI is InChI=1S/C13H16N4O3S/c1-9(16-13(18)12-6-7-15-17(12)2)10-4-3-5-11(8-10)21(14,19)20/h3-9H,1-2H3,(H,16,18)(H2,14,19,20). The normalized spacial score (nSPS) is 12.9. The second kappa shape index (κ2) is 5.66. The van der Waals surface area contributed by atoms with Gasteiger partial charge < -0.3 is 5.32 Å². The highest BCUT2D eigenvalue weighted by Crippen LogP contribution is 2.17. The van der Waals surface area contributed by atoms with Gasteiger partial charge in [0.05, 0.1) is 10.9 Å². The first-order valence-electron chi connectivity index (χ1n) is 6.20. The number of nitrogens with zero attached hydrogens (tertiary/aromatic N) is 2. The maximum Gasteiger partial charge on any atom is 0.270 e. The fourth-order valence-corrected chi connectivity index (χ4v) is 2.48. The third kappa shape index (κ3) is 3.47. The van der Waals surface area contributed by atoms with E-state index < -0.39 is 10.0 Å². The lowest BCUT2D eigenvalue weighted by Gasteiger charge is -2.15. The SMILES string of the molecule is CC(NC(=O)c1ccnn1C)c1cccc(S(N)(=O)=O)c1. The summed E-state index contributed by atoms with van der Waals surface area (Å²) in [5.41, 5.74) is 1.07. The molecule has 1 aromatic carbocycles. The van der Waals surface area contributed by atoms with Gasteiger partial charge in [0, 0.05) is 13.2 Å². The number of nitrogens with two attached hydrogens (primary N) is 1. The number of primary sulfonamides is 1. The molecule has 0 aliphatic rings. The van der Waals surface area contributed by atoms with E-state index in [4.69, 9.17) is 5.14 Å². The van der Waals surface area contributed by atoms with Crippen molar-refractivity contribution in [3.05, 3.63) is 47.8 Å². The van der Waals surface area contributed by atoms with Crippen molar-refractivity contribution in [2.75, 3.05) is 0 Å². The van der Waals surface area contributed by atoms with Gasteiger partial charge in [0.1, 0.15) is 5.69 Å². The van der Waals surface area contributed by atoms with E-state index in [2.05, 4.69) is 10.4 Å². The molecule has 1 aromatic heterocycles. The summed E-state index contributed by atoms with van der Waals surface area (Å²) in [6.45, 7) is 1.76. The van der Waals surface area contributed by atoms with E-state index in [1.54, 1.807) is 32.2 Å². The highest BCUT2D eigenvalue weighted by molar-refractivity contribution is 7.89. The van der Waals surface area contributed by atoms with Gasteiger partial charge in [-0.15, -0.1) is 0 Å². The van der Waals surface area contributed by atoms with Crippen molar-refractivity contribution in [1.29, 1.82) is 0 Å². The number of sulfonamides is 1. The number of amides is 1.